The molecule has 0 aliphatic carbocycles. The fraction of sp³-hybridized carbons (Fsp3) is 0.444. The molecule has 0 bridgehead atoms. The van der Waals surface area contributed by atoms with Crippen molar-refractivity contribution in [1.82, 2.24) is 10.3 Å². The van der Waals surface area contributed by atoms with Crippen molar-refractivity contribution in [2.24, 2.45) is 5.16 Å². The Hall–Kier alpha value is -1.71. The van der Waals surface area contributed by atoms with E-state index in [1.807, 2.05) is 0 Å². The number of hydrogen-bond acceptors (Lipinski definition) is 8. The number of carbonyl (C=O) groups is 1. The number of oxime groups is 1. The quantitative estimate of drug-likeness (QED) is 0.282. The van der Waals surface area contributed by atoms with Crippen LogP contribution in [0.2, 0.25) is 0 Å². The molecule has 0 aromatic carbocycles. The van der Waals surface area contributed by atoms with Crippen LogP contribution in [0, 0.1) is 0 Å². The highest BCUT2D eigenvalue weighted by molar-refractivity contribution is 7.13. The Bertz CT molecular complexity index is 430. The molecule has 0 unspecified atom stereocenters. The molecule has 4 N–H and O–H groups in total. The molecule has 9 heteroatoms. The number of aromatic nitrogens is 1. The Kier molecular flexibility index (Phi) is 5.49. The summed E-state index contributed by atoms with van der Waals surface area (Å²) in [6.07, 6.45) is -0.575. The van der Waals surface area contributed by atoms with Gasteiger partial charge in [-0.1, -0.05) is 5.16 Å². The molecule has 1 heterocycles. The van der Waals surface area contributed by atoms with Gasteiger partial charge in [-0.2, -0.15) is 0 Å². The Morgan fingerprint density at radius 3 is 2.78 bits per heavy atom. The van der Waals surface area contributed by atoms with Crippen LogP contribution in [-0.4, -0.2) is 48.9 Å². The molecule has 0 atom stereocenters. The van der Waals surface area contributed by atoms with Gasteiger partial charge in [0.15, 0.2) is 17.1 Å². The molecule has 0 radical (unpaired) electrons. The predicted molar refractivity (Wildman–Crippen MR) is 65.7 cm³/mol. The summed E-state index contributed by atoms with van der Waals surface area (Å²) in [5.74, 6) is -0.595. The van der Waals surface area contributed by atoms with E-state index in [-0.39, 0.29) is 23.1 Å². The number of carbonyl (C=O) groups excluding carboxylic acids is 1. The lowest BCUT2D eigenvalue weighted by atomic mass is 10.3. The lowest BCUT2D eigenvalue weighted by molar-refractivity contribution is -0.122. The fourth-order valence-corrected chi connectivity index (χ4v) is 1.68. The molecule has 1 aromatic heterocycles. The molecule has 0 aliphatic rings. The smallest absolute Gasteiger partial charge is 0.275 e. The molecule has 8 nitrogen and oxygen atoms in total. The number of hydrogen-bond donors (Lipinski definition) is 3. The van der Waals surface area contributed by atoms with Gasteiger partial charge in [-0.15, -0.1) is 11.3 Å². The molecule has 0 saturated carbocycles. The van der Waals surface area contributed by atoms with Crippen molar-refractivity contribution in [1.29, 1.82) is 0 Å². The number of thiazole rings is 1. The van der Waals surface area contributed by atoms with Crippen LogP contribution in [0.3, 0.4) is 0 Å². The minimum Gasteiger partial charge on any atom is -0.410 e. The molecule has 0 saturated heterocycles. The number of amides is 1. The van der Waals surface area contributed by atoms with Gasteiger partial charge in [-0.25, -0.2) is 4.98 Å². The van der Waals surface area contributed by atoms with Crippen molar-refractivity contribution in [2.45, 2.75) is 6.29 Å². The van der Waals surface area contributed by atoms with E-state index in [9.17, 15) is 4.79 Å². The van der Waals surface area contributed by atoms with Crippen molar-refractivity contribution in [3.05, 3.63) is 11.1 Å². The summed E-state index contributed by atoms with van der Waals surface area (Å²) in [7, 11) is 2.89. The monoisotopic (exact) mass is 274 g/mol. The maximum atomic E-state index is 11.7. The summed E-state index contributed by atoms with van der Waals surface area (Å²) < 4.78 is 9.80. The van der Waals surface area contributed by atoms with E-state index in [0.717, 1.165) is 11.3 Å². The number of rotatable bonds is 6. The van der Waals surface area contributed by atoms with Gasteiger partial charge < -0.3 is 25.7 Å². The molecule has 1 aromatic rings. The topological polar surface area (TPSA) is 119 Å². The van der Waals surface area contributed by atoms with E-state index in [0.29, 0.717) is 0 Å². The number of anilines is 1. The molecule has 1 amide bonds. The average molecular weight is 274 g/mol. The van der Waals surface area contributed by atoms with E-state index in [2.05, 4.69) is 15.5 Å². The summed E-state index contributed by atoms with van der Waals surface area (Å²) in [6.45, 7) is 0.116. The molecule has 0 fully saturated rings. The lowest BCUT2D eigenvalue weighted by Crippen LogP contribution is -2.38. The standard InChI is InChI=1S/C9H14N4O4S/c1-16-6(17-2)3-11-8(14)7(13-15)5-4-18-9(10)12-5/h4,6,15H,3H2,1-2H3,(H2,10,12)(H,11,14)/b13-7-. The second-order valence-corrected chi connectivity index (χ2v) is 4.02. The summed E-state index contributed by atoms with van der Waals surface area (Å²) in [4.78, 5) is 15.6. The number of nitrogens with one attached hydrogen (secondary N) is 1. The fourth-order valence-electron chi connectivity index (χ4n) is 1.13. The number of methoxy groups -OCH3 is 2. The minimum atomic E-state index is -0.595. The third-order valence-electron chi connectivity index (χ3n) is 2.03. The second kappa shape index (κ2) is 6.89. The van der Waals surface area contributed by atoms with Crippen molar-refractivity contribution in [2.75, 3.05) is 26.5 Å². The second-order valence-electron chi connectivity index (χ2n) is 3.13. The summed E-state index contributed by atoms with van der Waals surface area (Å²) in [6, 6.07) is 0. The van der Waals surface area contributed by atoms with E-state index < -0.39 is 12.2 Å². The third-order valence-corrected chi connectivity index (χ3v) is 2.71. The molecule has 100 valence electrons. The molecule has 0 aliphatic heterocycles. The van der Waals surface area contributed by atoms with E-state index in [1.165, 1.54) is 19.6 Å². The SMILES string of the molecule is COC(CNC(=O)/C(=N\O)c1csc(N)n1)OC. The van der Waals surface area contributed by atoms with Crippen molar-refractivity contribution in [3.63, 3.8) is 0 Å². The number of nitrogens with zero attached hydrogens (tertiary/aromatic N) is 2. The van der Waals surface area contributed by atoms with Crippen LogP contribution in [-0.2, 0) is 14.3 Å². The Balaban J connectivity index is 2.64. The van der Waals surface area contributed by atoms with Gasteiger partial charge in [0.2, 0.25) is 0 Å². The van der Waals surface area contributed by atoms with Crippen LogP contribution in [0.25, 0.3) is 0 Å². The average Bonchev–Trinajstić information content (AvgIpc) is 2.78. The van der Waals surface area contributed by atoms with Gasteiger partial charge in [0.05, 0.1) is 6.54 Å². The van der Waals surface area contributed by atoms with Crippen LogP contribution in [0.4, 0.5) is 5.13 Å². The highest BCUT2D eigenvalue weighted by atomic mass is 32.1. The Morgan fingerprint density at radius 2 is 2.33 bits per heavy atom. The van der Waals surface area contributed by atoms with Crippen molar-refractivity contribution >= 4 is 28.1 Å². The number of ether oxygens (including phenoxy) is 2. The van der Waals surface area contributed by atoms with Gasteiger partial charge >= 0.3 is 0 Å². The van der Waals surface area contributed by atoms with Crippen LogP contribution in [0.1, 0.15) is 5.69 Å². The minimum absolute atomic E-state index is 0.116. The maximum Gasteiger partial charge on any atom is 0.275 e. The molecule has 1 rings (SSSR count). The number of nitrogen functional groups attached to an aromatic ring is 1. The molecule has 18 heavy (non-hydrogen) atoms. The van der Waals surface area contributed by atoms with Crippen LogP contribution < -0.4 is 11.1 Å². The summed E-state index contributed by atoms with van der Waals surface area (Å²) >= 11 is 1.14. The summed E-state index contributed by atoms with van der Waals surface area (Å²) in [5, 5.41) is 16.0. The normalized spacial score (nSPS) is 11.8. The van der Waals surface area contributed by atoms with Crippen LogP contribution in [0.5, 0.6) is 0 Å². The van der Waals surface area contributed by atoms with E-state index >= 15 is 0 Å². The van der Waals surface area contributed by atoms with Crippen molar-refractivity contribution < 1.29 is 19.5 Å². The highest BCUT2D eigenvalue weighted by Crippen LogP contribution is 2.12. The highest BCUT2D eigenvalue weighted by Gasteiger charge is 2.18. The van der Waals surface area contributed by atoms with Gasteiger partial charge in [0.25, 0.3) is 5.91 Å². The zero-order valence-corrected chi connectivity index (χ0v) is 10.7. The third kappa shape index (κ3) is 3.65. The van der Waals surface area contributed by atoms with Gasteiger partial charge in [-0.05, 0) is 0 Å². The largest absolute Gasteiger partial charge is 0.410 e. The van der Waals surface area contributed by atoms with Gasteiger partial charge in [0.1, 0.15) is 5.69 Å². The van der Waals surface area contributed by atoms with E-state index in [4.69, 9.17) is 20.4 Å². The first-order valence-corrected chi connectivity index (χ1v) is 5.77. The zero-order chi connectivity index (χ0) is 13.5. The van der Waals surface area contributed by atoms with Crippen molar-refractivity contribution in [3.8, 4) is 0 Å². The Labute approximate surface area is 107 Å². The van der Waals surface area contributed by atoms with Gasteiger partial charge in [-0.3, -0.25) is 4.79 Å². The first kappa shape index (κ1) is 14.4. The van der Waals surface area contributed by atoms with Crippen LogP contribution in [0.15, 0.2) is 10.5 Å². The summed E-state index contributed by atoms with van der Waals surface area (Å²) in [5.41, 5.74) is 5.43. The molecular formula is C9H14N4O4S. The first-order valence-electron chi connectivity index (χ1n) is 4.89. The number of nitrogens with two attached hydrogens (primary N) is 1. The lowest BCUT2D eigenvalue weighted by Gasteiger charge is -2.13. The first-order chi connectivity index (χ1) is 8.62. The maximum absolute atomic E-state index is 11.7. The van der Waals surface area contributed by atoms with E-state index in [1.54, 1.807) is 0 Å². The predicted octanol–water partition coefficient (Wildman–Crippen LogP) is -0.361. The van der Waals surface area contributed by atoms with Crippen LogP contribution >= 0.6 is 11.3 Å². The zero-order valence-electron chi connectivity index (χ0n) is 9.91. The van der Waals surface area contributed by atoms with Gasteiger partial charge in [0, 0.05) is 19.6 Å². The molecule has 0 spiro atoms. The molecular weight excluding hydrogens is 260 g/mol. The Morgan fingerprint density at radius 1 is 1.67 bits per heavy atom.